The van der Waals surface area contributed by atoms with Crippen LogP contribution in [0.2, 0.25) is 15.1 Å². The largest absolute Gasteiger partial charge is 0.453 e. The van der Waals surface area contributed by atoms with Crippen molar-refractivity contribution in [3.8, 4) is 17.6 Å². The molecule has 0 unspecified atom stereocenters. The lowest BCUT2D eigenvalue weighted by molar-refractivity contribution is -0.384. The zero-order valence-electron chi connectivity index (χ0n) is 10.1. The molecule has 0 aliphatic carbocycles. The summed E-state index contributed by atoms with van der Waals surface area (Å²) in [5.74, 6) is 0.172. The van der Waals surface area contributed by atoms with E-state index in [9.17, 15) is 10.1 Å². The summed E-state index contributed by atoms with van der Waals surface area (Å²) in [4.78, 5) is 10.1. The first-order valence-corrected chi connectivity index (χ1v) is 6.57. The third kappa shape index (κ3) is 3.19. The van der Waals surface area contributed by atoms with E-state index in [2.05, 4.69) is 0 Å². The Balaban J connectivity index is 2.49. The molecule has 0 aliphatic rings. The van der Waals surface area contributed by atoms with Crippen molar-refractivity contribution in [2.45, 2.75) is 0 Å². The number of halogens is 3. The number of nitro benzene ring substituents is 1. The molecule has 0 spiro atoms. The second-order valence-corrected chi connectivity index (χ2v) is 5.04. The molecule has 5 nitrogen and oxygen atoms in total. The van der Waals surface area contributed by atoms with Gasteiger partial charge in [0.15, 0.2) is 5.75 Å². The van der Waals surface area contributed by atoms with E-state index in [1.54, 1.807) is 6.07 Å². The van der Waals surface area contributed by atoms with Crippen LogP contribution in [-0.4, -0.2) is 4.92 Å². The molecule has 0 saturated carbocycles. The minimum atomic E-state index is -0.623. The number of non-ortho nitro benzene ring substituents is 1. The van der Waals surface area contributed by atoms with Crippen LogP contribution in [0, 0.1) is 21.4 Å². The number of hydrogen-bond donors (Lipinski definition) is 0. The van der Waals surface area contributed by atoms with Crippen LogP contribution in [0.15, 0.2) is 30.3 Å². The molecule has 0 N–H and O–H groups in total. The maximum atomic E-state index is 10.7. The Labute approximate surface area is 134 Å². The number of nitro groups is 1. The van der Waals surface area contributed by atoms with Gasteiger partial charge in [-0.1, -0.05) is 40.9 Å². The quantitative estimate of drug-likeness (QED) is 0.565. The molecule has 0 amide bonds. The van der Waals surface area contributed by atoms with Gasteiger partial charge >= 0.3 is 0 Å². The van der Waals surface area contributed by atoms with E-state index in [1.165, 1.54) is 12.1 Å². The SMILES string of the molecule is N#Cc1c(Cl)cccc1Oc1c(Cl)cc([N+](=O)[O-])cc1Cl. The highest BCUT2D eigenvalue weighted by Crippen LogP contribution is 2.40. The number of ether oxygens (including phenoxy) is 1. The topological polar surface area (TPSA) is 76.2 Å². The summed E-state index contributed by atoms with van der Waals surface area (Å²) < 4.78 is 5.48. The molecule has 0 aromatic heterocycles. The summed E-state index contributed by atoms with van der Waals surface area (Å²) in [6.07, 6.45) is 0. The van der Waals surface area contributed by atoms with Gasteiger partial charge in [0, 0.05) is 12.1 Å². The smallest absolute Gasteiger partial charge is 0.272 e. The molecule has 2 aromatic carbocycles. The molecule has 0 saturated heterocycles. The first-order chi connectivity index (χ1) is 9.93. The Hall–Kier alpha value is -2.00. The van der Waals surface area contributed by atoms with Crippen LogP contribution < -0.4 is 4.74 Å². The van der Waals surface area contributed by atoms with E-state index < -0.39 is 4.92 Å². The predicted molar refractivity (Wildman–Crippen MR) is 79.4 cm³/mol. The number of rotatable bonds is 3. The molecular formula is C13H5Cl3N2O3. The Morgan fingerprint density at radius 1 is 1.14 bits per heavy atom. The van der Waals surface area contributed by atoms with Crippen LogP contribution in [-0.2, 0) is 0 Å². The number of hydrogen-bond acceptors (Lipinski definition) is 4. The molecule has 0 aliphatic heterocycles. The monoisotopic (exact) mass is 342 g/mol. The Morgan fingerprint density at radius 3 is 2.29 bits per heavy atom. The summed E-state index contributed by atoms with van der Waals surface area (Å²) >= 11 is 17.8. The average molecular weight is 344 g/mol. The van der Waals surface area contributed by atoms with Crippen molar-refractivity contribution in [2.75, 3.05) is 0 Å². The molecule has 8 heteroatoms. The zero-order valence-corrected chi connectivity index (χ0v) is 12.4. The van der Waals surface area contributed by atoms with Gasteiger partial charge < -0.3 is 4.74 Å². The van der Waals surface area contributed by atoms with Crippen LogP contribution >= 0.6 is 34.8 Å². The van der Waals surface area contributed by atoms with E-state index in [-0.39, 0.29) is 37.8 Å². The van der Waals surface area contributed by atoms with Crippen molar-refractivity contribution in [2.24, 2.45) is 0 Å². The second kappa shape index (κ2) is 6.19. The van der Waals surface area contributed by atoms with Gasteiger partial charge in [0.1, 0.15) is 17.4 Å². The van der Waals surface area contributed by atoms with E-state index in [0.29, 0.717) is 0 Å². The highest BCUT2D eigenvalue weighted by Gasteiger charge is 2.18. The second-order valence-electron chi connectivity index (χ2n) is 3.82. The Kier molecular flexibility index (Phi) is 4.53. The number of benzene rings is 2. The van der Waals surface area contributed by atoms with Gasteiger partial charge in [-0.05, 0) is 12.1 Å². The molecule has 21 heavy (non-hydrogen) atoms. The third-order valence-electron chi connectivity index (χ3n) is 2.49. The fraction of sp³-hybridized carbons (Fsp3) is 0. The Morgan fingerprint density at radius 2 is 1.76 bits per heavy atom. The molecule has 0 heterocycles. The van der Waals surface area contributed by atoms with Crippen molar-refractivity contribution in [1.29, 1.82) is 5.26 Å². The van der Waals surface area contributed by atoms with Crippen molar-refractivity contribution in [1.82, 2.24) is 0 Å². The lowest BCUT2D eigenvalue weighted by Gasteiger charge is -2.11. The first kappa shape index (κ1) is 15.4. The van der Waals surface area contributed by atoms with Crippen molar-refractivity contribution in [3.63, 3.8) is 0 Å². The van der Waals surface area contributed by atoms with Gasteiger partial charge in [-0.2, -0.15) is 5.26 Å². The lowest BCUT2D eigenvalue weighted by atomic mass is 10.2. The van der Waals surface area contributed by atoms with Crippen LogP contribution in [0.25, 0.3) is 0 Å². The molecule has 2 aromatic rings. The number of nitrogens with zero attached hydrogens (tertiary/aromatic N) is 2. The third-order valence-corrected chi connectivity index (χ3v) is 3.37. The first-order valence-electron chi connectivity index (χ1n) is 5.44. The van der Waals surface area contributed by atoms with Gasteiger partial charge in [0.25, 0.3) is 5.69 Å². The predicted octanol–water partition coefficient (Wildman–Crippen LogP) is 5.22. The normalized spacial score (nSPS) is 10.0. The summed E-state index contributed by atoms with van der Waals surface area (Å²) in [6, 6.07) is 8.76. The molecule has 0 atom stereocenters. The molecule has 0 radical (unpaired) electrons. The van der Waals surface area contributed by atoms with E-state index in [1.807, 2.05) is 6.07 Å². The van der Waals surface area contributed by atoms with E-state index >= 15 is 0 Å². The van der Waals surface area contributed by atoms with Crippen LogP contribution in [0.5, 0.6) is 11.5 Å². The standard InChI is InChI=1S/C13H5Cl3N2O3/c14-9-2-1-3-12(8(9)6-17)21-13-10(15)4-7(18(19)20)5-11(13)16/h1-5H. The fourth-order valence-corrected chi connectivity index (χ4v) is 2.32. The Bertz CT molecular complexity index is 749. The molecular weight excluding hydrogens is 339 g/mol. The summed E-state index contributed by atoms with van der Waals surface area (Å²) in [6.45, 7) is 0. The zero-order chi connectivity index (χ0) is 15.6. The molecule has 2 rings (SSSR count). The van der Waals surface area contributed by atoms with Crippen LogP contribution in [0.4, 0.5) is 5.69 Å². The van der Waals surface area contributed by atoms with Crippen molar-refractivity contribution >= 4 is 40.5 Å². The highest BCUT2D eigenvalue weighted by atomic mass is 35.5. The average Bonchev–Trinajstić information content (AvgIpc) is 2.42. The minimum absolute atomic E-state index is 0.0164. The van der Waals surface area contributed by atoms with Gasteiger partial charge in [-0.15, -0.1) is 0 Å². The number of nitriles is 1. The van der Waals surface area contributed by atoms with Crippen LogP contribution in [0.1, 0.15) is 5.56 Å². The van der Waals surface area contributed by atoms with Gasteiger partial charge in [0.2, 0.25) is 0 Å². The van der Waals surface area contributed by atoms with Gasteiger partial charge in [-0.3, -0.25) is 10.1 Å². The summed E-state index contributed by atoms with van der Waals surface area (Å²) in [5, 5.41) is 19.9. The lowest BCUT2D eigenvalue weighted by Crippen LogP contribution is -1.93. The fourth-order valence-electron chi connectivity index (χ4n) is 1.56. The minimum Gasteiger partial charge on any atom is -0.453 e. The summed E-state index contributed by atoms with van der Waals surface area (Å²) in [7, 11) is 0. The van der Waals surface area contributed by atoms with Gasteiger partial charge in [-0.25, -0.2) is 0 Å². The molecule has 0 fully saturated rings. The molecule has 0 bridgehead atoms. The van der Waals surface area contributed by atoms with E-state index in [0.717, 1.165) is 12.1 Å². The summed E-state index contributed by atoms with van der Waals surface area (Å²) in [5.41, 5.74) is -0.145. The maximum absolute atomic E-state index is 10.7. The highest BCUT2D eigenvalue weighted by molar-refractivity contribution is 6.37. The van der Waals surface area contributed by atoms with Crippen LogP contribution in [0.3, 0.4) is 0 Å². The maximum Gasteiger partial charge on any atom is 0.272 e. The van der Waals surface area contributed by atoms with Crippen molar-refractivity contribution in [3.05, 3.63) is 61.1 Å². The van der Waals surface area contributed by atoms with Crippen molar-refractivity contribution < 1.29 is 9.66 Å². The van der Waals surface area contributed by atoms with E-state index in [4.69, 9.17) is 44.8 Å². The van der Waals surface area contributed by atoms with Gasteiger partial charge in [0.05, 0.1) is 20.0 Å². The molecule has 106 valence electrons.